The minimum atomic E-state index is 0.652. The summed E-state index contributed by atoms with van der Waals surface area (Å²) in [4.78, 5) is 2.73. The highest BCUT2D eigenvalue weighted by Gasteiger charge is 2.32. The maximum absolute atomic E-state index is 9.21. The summed E-state index contributed by atoms with van der Waals surface area (Å²) >= 11 is 0. The average Bonchev–Trinajstić information content (AvgIpc) is 3.20. The number of rotatable bonds is 2. The lowest BCUT2D eigenvalue weighted by molar-refractivity contribution is 0.164. The zero-order chi connectivity index (χ0) is 15.8. The van der Waals surface area contributed by atoms with Crippen molar-refractivity contribution < 1.29 is 0 Å². The molecule has 0 bridgehead atoms. The zero-order valence-electron chi connectivity index (χ0n) is 14.0. The molecule has 1 aromatic carbocycles. The van der Waals surface area contributed by atoms with E-state index in [2.05, 4.69) is 40.9 Å². The van der Waals surface area contributed by atoms with Crippen molar-refractivity contribution in [2.24, 2.45) is 7.05 Å². The van der Waals surface area contributed by atoms with Crippen molar-refractivity contribution in [1.29, 1.82) is 5.26 Å². The van der Waals surface area contributed by atoms with Gasteiger partial charge in [-0.3, -0.25) is 0 Å². The molecule has 3 nitrogen and oxygen atoms in total. The first-order chi connectivity index (χ1) is 11.3. The number of likely N-dealkylation sites (tertiary alicyclic amines) is 1. The topological polar surface area (TPSA) is 32.0 Å². The van der Waals surface area contributed by atoms with Gasteiger partial charge in [-0.05, 0) is 74.9 Å². The molecule has 120 valence electrons. The number of benzene rings is 1. The first kappa shape index (κ1) is 14.8. The quantitative estimate of drug-likeness (QED) is 0.834. The van der Waals surface area contributed by atoms with Crippen LogP contribution in [0.3, 0.4) is 0 Å². The molecule has 0 N–H and O–H groups in total. The molecule has 2 aromatic rings. The van der Waals surface area contributed by atoms with E-state index < -0.39 is 0 Å². The standard InChI is InChI=1S/C20H25N3/c1-22-14-19(18-11-15(13-21)5-8-20(18)22)16-6-7-17(12-16)23-9-3-2-4-10-23/h5,8,11,14,16-17H,2-4,6-7,9-10,12H2,1H3. The summed E-state index contributed by atoms with van der Waals surface area (Å²) in [5.74, 6) is 0.652. The molecule has 2 aliphatic rings. The Morgan fingerprint density at radius 3 is 2.74 bits per heavy atom. The first-order valence-electron chi connectivity index (χ1n) is 8.99. The highest BCUT2D eigenvalue weighted by atomic mass is 15.2. The van der Waals surface area contributed by atoms with Crippen LogP contribution in [0.4, 0.5) is 0 Å². The van der Waals surface area contributed by atoms with Gasteiger partial charge in [0.15, 0.2) is 0 Å². The number of fused-ring (bicyclic) bond motifs is 1. The molecule has 2 heterocycles. The molecule has 0 radical (unpaired) electrons. The Balaban J connectivity index is 1.61. The molecular formula is C20H25N3. The van der Waals surface area contributed by atoms with Crippen LogP contribution in [-0.4, -0.2) is 28.6 Å². The number of nitriles is 1. The lowest BCUT2D eigenvalue weighted by atomic mass is 9.96. The van der Waals surface area contributed by atoms with E-state index in [1.165, 1.54) is 68.1 Å². The third-order valence-corrected chi connectivity index (χ3v) is 5.90. The molecule has 1 saturated carbocycles. The summed E-state index contributed by atoms with van der Waals surface area (Å²) in [5, 5.41) is 10.5. The van der Waals surface area contributed by atoms with Crippen molar-refractivity contribution in [3.8, 4) is 6.07 Å². The van der Waals surface area contributed by atoms with Gasteiger partial charge < -0.3 is 9.47 Å². The van der Waals surface area contributed by atoms with E-state index in [9.17, 15) is 5.26 Å². The molecule has 1 aliphatic heterocycles. The van der Waals surface area contributed by atoms with E-state index in [0.29, 0.717) is 5.92 Å². The zero-order valence-corrected chi connectivity index (χ0v) is 14.0. The minimum absolute atomic E-state index is 0.652. The van der Waals surface area contributed by atoms with Gasteiger partial charge in [-0.25, -0.2) is 0 Å². The molecule has 1 aliphatic carbocycles. The van der Waals surface area contributed by atoms with Gasteiger partial charge in [0.1, 0.15) is 0 Å². The molecule has 23 heavy (non-hydrogen) atoms. The van der Waals surface area contributed by atoms with Gasteiger partial charge in [-0.15, -0.1) is 0 Å². The summed E-state index contributed by atoms with van der Waals surface area (Å²) in [7, 11) is 2.12. The normalized spacial score (nSPS) is 25.7. The van der Waals surface area contributed by atoms with Crippen molar-refractivity contribution in [3.05, 3.63) is 35.5 Å². The third kappa shape index (κ3) is 2.66. The Bertz CT molecular complexity index is 746. The number of aromatic nitrogens is 1. The smallest absolute Gasteiger partial charge is 0.0991 e. The van der Waals surface area contributed by atoms with Crippen molar-refractivity contribution in [3.63, 3.8) is 0 Å². The van der Waals surface area contributed by atoms with Crippen LogP contribution >= 0.6 is 0 Å². The van der Waals surface area contributed by atoms with Crippen molar-refractivity contribution >= 4 is 10.9 Å². The largest absolute Gasteiger partial charge is 0.350 e. The fourth-order valence-corrected chi connectivity index (χ4v) is 4.67. The minimum Gasteiger partial charge on any atom is -0.350 e. The molecule has 3 heteroatoms. The van der Waals surface area contributed by atoms with E-state index in [1.807, 2.05) is 6.07 Å². The van der Waals surface area contributed by atoms with Crippen LogP contribution in [0.25, 0.3) is 10.9 Å². The maximum atomic E-state index is 9.21. The van der Waals surface area contributed by atoms with E-state index in [1.54, 1.807) is 0 Å². The lowest BCUT2D eigenvalue weighted by Crippen LogP contribution is -2.37. The molecule has 0 amide bonds. The number of hydrogen-bond donors (Lipinski definition) is 0. The molecule has 4 rings (SSSR count). The number of piperidine rings is 1. The summed E-state index contributed by atoms with van der Waals surface area (Å²) in [6.45, 7) is 2.59. The second-order valence-electron chi connectivity index (χ2n) is 7.30. The van der Waals surface area contributed by atoms with Crippen LogP contribution in [0.1, 0.15) is 55.6 Å². The van der Waals surface area contributed by atoms with Gasteiger partial charge in [0.2, 0.25) is 0 Å². The summed E-state index contributed by atoms with van der Waals surface area (Å²) < 4.78 is 2.22. The SMILES string of the molecule is Cn1cc(C2CCC(N3CCCCC3)C2)c2cc(C#N)ccc21. The van der Waals surface area contributed by atoms with Crippen molar-refractivity contribution in [1.82, 2.24) is 9.47 Å². The molecule has 1 aromatic heterocycles. The predicted octanol–water partition coefficient (Wildman–Crippen LogP) is 4.17. The van der Waals surface area contributed by atoms with E-state index in [-0.39, 0.29) is 0 Å². The molecule has 1 saturated heterocycles. The van der Waals surface area contributed by atoms with Crippen molar-refractivity contribution in [2.75, 3.05) is 13.1 Å². The second-order valence-corrected chi connectivity index (χ2v) is 7.30. The highest BCUT2D eigenvalue weighted by molar-refractivity contribution is 5.85. The van der Waals surface area contributed by atoms with Crippen LogP contribution in [0, 0.1) is 11.3 Å². The van der Waals surface area contributed by atoms with Crippen LogP contribution in [0.2, 0.25) is 0 Å². The Hall–Kier alpha value is -1.79. The van der Waals surface area contributed by atoms with Crippen LogP contribution < -0.4 is 0 Å². The Morgan fingerprint density at radius 2 is 1.96 bits per heavy atom. The fourth-order valence-electron chi connectivity index (χ4n) is 4.67. The summed E-state index contributed by atoms with van der Waals surface area (Å²) in [5.41, 5.74) is 3.48. The molecular weight excluding hydrogens is 282 g/mol. The lowest BCUT2D eigenvalue weighted by Gasteiger charge is -2.32. The van der Waals surface area contributed by atoms with Crippen LogP contribution in [0.15, 0.2) is 24.4 Å². The maximum Gasteiger partial charge on any atom is 0.0991 e. The van der Waals surface area contributed by atoms with Gasteiger partial charge in [0.05, 0.1) is 11.6 Å². The van der Waals surface area contributed by atoms with E-state index in [4.69, 9.17) is 0 Å². The van der Waals surface area contributed by atoms with Crippen LogP contribution in [-0.2, 0) is 7.05 Å². The first-order valence-corrected chi connectivity index (χ1v) is 8.99. The third-order valence-electron chi connectivity index (χ3n) is 5.90. The van der Waals surface area contributed by atoms with E-state index in [0.717, 1.165) is 11.6 Å². The molecule has 2 fully saturated rings. The van der Waals surface area contributed by atoms with Gasteiger partial charge >= 0.3 is 0 Å². The van der Waals surface area contributed by atoms with Crippen molar-refractivity contribution in [2.45, 2.75) is 50.5 Å². The molecule has 0 spiro atoms. The second kappa shape index (κ2) is 6.02. The number of nitrogens with zero attached hydrogens (tertiary/aromatic N) is 3. The van der Waals surface area contributed by atoms with Gasteiger partial charge in [0, 0.05) is 30.2 Å². The highest BCUT2D eigenvalue weighted by Crippen LogP contribution is 2.41. The van der Waals surface area contributed by atoms with Crippen LogP contribution in [0.5, 0.6) is 0 Å². The van der Waals surface area contributed by atoms with Gasteiger partial charge in [0.25, 0.3) is 0 Å². The van der Waals surface area contributed by atoms with Gasteiger partial charge in [-0.2, -0.15) is 5.26 Å². The number of aryl methyl sites for hydroxylation is 1. The monoisotopic (exact) mass is 307 g/mol. The summed E-state index contributed by atoms with van der Waals surface area (Å²) in [6, 6.07) is 9.16. The molecule has 2 atom stereocenters. The van der Waals surface area contributed by atoms with Gasteiger partial charge in [-0.1, -0.05) is 6.42 Å². The average molecular weight is 307 g/mol. The predicted molar refractivity (Wildman–Crippen MR) is 93.4 cm³/mol. The molecule has 2 unspecified atom stereocenters. The summed E-state index contributed by atoms with van der Waals surface area (Å²) in [6.07, 6.45) is 10.4. The van der Waals surface area contributed by atoms with E-state index >= 15 is 0 Å². The Morgan fingerprint density at radius 1 is 1.13 bits per heavy atom. The Kier molecular flexibility index (Phi) is 3.87. The number of hydrogen-bond acceptors (Lipinski definition) is 2. The Labute approximate surface area is 138 Å². The fraction of sp³-hybridized carbons (Fsp3) is 0.550.